The molecule has 0 spiro atoms. The Balaban J connectivity index is 1.98. The van der Waals surface area contributed by atoms with E-state index >= 15 is 0 Å². The summed E-state index contributed by atoms with van der Waals surface area (Å²) in [6.07, 6.45) is 3.52. The molecule has 1 saturated heterocycles. The molecule has 0 saturated carbocycles. The van der Waals surface area contributed by atoms with Crippen molar-refractivity contribution in [2.24, 2.45) is 11.7 Å². The molecular weight excluding hydrogens is 166 g/mol. The highest BCUT2D eigenvalue weighted by Gasteiger charge is 2.30. The molecule has 1 aliphatic heterocycles. The second-order valence-corrected chi connectivity index (χ2v) is 3.22. The molecule has 4 heteroatoms. The van der Waals surface area contributed by atoms with Crippen molar-refractivity contribution in [1.29, 1.82) is 0 Å². The topological polar surface area (TPSA) is 59.2 Å². The van der Waals surface area contributed by atoms with Crippen LogP contribution in [0.3, 0.4) is 0 Å². The molecule has 4 nitrogen and oxygen atoms in total. The predicted molar refractivity (Wildman–Crippen MR) is 49.1 cm³/mol. The van der Waals surface area contributed by atoms with Crippen molar-refractivity contribution < 1.29 is 4.79 Å². The number of pyridine rings is 1. The zero-order valence-corrected chi connectivity index (χ0v) is 7.18. The molecule has 0 aromatic carbocycles. The Morgan fingerprint density at radius 1 is 1.62 bits per heavy atom. The normalized spacial score (nSPS) is 16.8. The van der Waals surface area contributed by atoms with E-state index in [4.69, 9.17) is 5.73 Å². The van der Waals surface area contributed by atoms with Gasteiger partial charge < -0.3 is 10.6 Å². The smallest absolute Gasteiger partial charge is 0.224 e. The van der Waals surface area contributed by atoms with Crippen LogP contribution in [0.2, 0.25) is 0 Å². The van der Waals surface area contributed by atoms with Crippen molar-refractivity contribution >= 4 is 11.6 Å². The summed E-state index contributed by atoms with van der Waals surface area (Å²) in [6, 6.07) is 3.86. The van der Waals surface area contributed by atoms with Gasteiger partial charge in [0.15, 0.2) is 0 Å². The van der Waals surface area contributed by atoms with E-state index in [1.807, 2.05) is 12.1 Å². The molecule has 1 amide bonds. The van der Waals surface area contributed by atoms with Crippen LogP contribution < -0.4 is 10.6 Å². The number of anilines is 1. The number of aromatic nitrogens is 1. The third-order valence-corrected chi connectivity index (χ3v) is 2.29. The number of rotatable bonds is 2. The number of amides is 1. The number of primary amides is 1. The SMILES string of the molecule is NC(=O)C1CN(c2cccnc2)C1. The standard InChI is InChI=1S/C9H11N3O/c10-9(13)7-5-12(6-7)8-2-1-3-11-4-8/h1-4,7H,5-6H2,(H2,10,13). The predicted octanol–water partition coefficient (Wildman–Crippen LogP) is 0.00310. The lowest BCUT2D eigenvalue weighted by Crippen LogP contribution is -2.52. The van der Waals surface area contributed by atoms with E-state index in [9.17, 15) is 4.79 Å². The number of hydrogen-bond acceptors (Lipinski definition) is 3. The van der Waals surface area contributed by atoms with Crippen molar-refractivity contribution in [1.82, 2.24) is 4.98 Å². The highest BCUT2D eigenvalue weighted by atomic mass is 16.1. The summed E-state index contributed by atoms with van der Waals surface area (Å²) in [5.74, 6) is -0.194. The van der Waals surface area contributed by atoms with Crippen molar-refractivity contribution in [3.05, 3.63) is 24.5 Å². The summed E-state index contributed by atoms with van der Waals surface area (Å²) >= 11 is 0. The molecule has 68 valence electrons. The van der Waals surface area contributed by atoms with Crippen molar-refractivity contribution in [3.8, 4) is 0 Å². The van der Waals surface area contributed by atoms with Crippen LogP contribution in [0.1, 0.15) is 0 Å². The van der Waals surface area contributed by atoms with E-state index in [0.717, 1.165) is 18.8 Å². The molecule has 0 bridgehead atoms. The maximum atomic E-state index is 10.7. The van der Waals surface area contributed by atoms with Gasteiger partial charge in [-0.3, -0.25) is 9.78 Å². The Labute approximate surface area is 76.4 Å². The second-order valence-electron chi connectivity index (χ2n) is 3.22. The third kappa shape index (κ3) is 1.47. The zero-order valence-electron chi connectivity index (χ0n) is 7.18. The van der Waals surface area contributed by atoms with Gasteiger partial charge in [0, 0.05) is 19.3 Å². The minimum Gasteiger partial charge on any atom is -0.369 e. The summed E-state index contributed by atoms with van der Waals surface area (Å²) < 4.78 is 0. The zero-order chi connectivity index (χ0) is 9.26. The number of nitrogens with two attached hydrogens (primary N) is 1. The Bertz CT molecular complexity index is 306. The molecule has 0 atom stereocenters. The lowest BCUT2D eigenvalue weighted by atomic mass is 9.99. The number of carbonyl (C=O) groups is 1. The van der Waals surface area contributed by atoms with E-state index in [0.29, 0.717) is 0 Å². The molecule has 2 N–H and O–H groups in total. The average molecular weight is 177 g/mol. The highest BCUT2D eigenvalue weighted by Crippen LogP contribution is 2.22. The summed E-state index contributed by atoms with van der Waals surface area (Å²) in [6.45, 7) is 1.45. The van der Waals surface area contributed by atoms with Crippen LogP contribution in [0.5, 0.6) is 0 Å². The number of nitrogens with zero attached hydrogens (tertiary/aromatic N) is 2. The molecule has 1 aromatic heterocycles. The summed E-state index contributed by atoms with van der Waals surface area (Å²) in [4.78, 5) is 16.8. The van der Waals surface area contributed by atoms with Crippen LogP contribution in [0.25, 0.3) is 0 Å². The van der Waals surface area contributed by atoms with Crippen LogP contribution in [0, 0.1) is 5.92 Å². The molecule has 2 rings (SSSR count). The van der Waals surface area contributed by atoms with Crippen LogP contribution in [-0.4, -0.2) is 24.0 Å². The Hall–Kier alpha value is -1.58. The Kier molecular flexibility index (Phi) is 1.88. The fraction of sp³-hybridized carbons (Fsp3) is 0.333. The summed E-state index contributed by atoms with van der Waals surface area (Å²) in [5.41, 5.74) is 6.21. The van der Waals surface area contributed by atoms with Crippen LogP contribution in [-0.2, 0) is 4.79 Å². The molecule has 13 heavy (non-hydrogen) atoms. The fourth-order valence-corrected chi connectivity index (χ4v) is 1.41. The van der Waals surface area contributed by atoms with Gasteiger partial charge in [-0.15, -0.1) is 0 Å². The Morgan fingerprint density at radius 3 is 2.92 bits per heavy atom. The minimum absolute atomic E-state index is 0.0141. The lowest BCUT2D eigenvalue weighted by molar-refractivity contribution is -0.122. The van der Waals surface area contributed by atoms with Gasteiger partial charge in [-0.05, 0) is 12.1 Å². The molecule has 0 unspecified atom stereocenters. The van der Waals surface area contributed by atoms with Crippen LogP contribution >= 0.6 is 0 Å². The lowest BCUT2D eigenvalue weighted by Gasteiger charge is -2.38. The molecule has 0 radical (unpaired) electrons. The van der Waals surface area contributed by atoms with Crippen LogP contribution in [0.15, 0.2) is 24.5 Å². The van der Waals surface area contributed by atoms with Gasteiger partial charge in [-0.2, -0.15) is 0 Å². The first-order valence-corrected chi connectivity index (χ1v) is 4.21. The maximum Gasteiger partial charge on any atom is 0.224 e. The van der Waals surface area contributed by atoms with Crippen molar-refractivity contribution in [2.45, 2.75) is 0 Å². The molecule has 2 heterocycles. The van der Waals surface area contributed by atoms with Crippen molar-refractivity contribution in [2.75, 3.05) is 18.0 Å². The van der Waals surface area contributed by atoms with Gasteiger partial charge in [0.25, 0.3) is 0 Å². The average Bonchev–Trinajstić information content (AvgIpc) is 2.02. The second kappa shape index (κ2) is 3.05. The third-order valence-electron chi connectivity index (χ3n) is 2.29. The van der Waals surface area contributed by atoms with E-state index in [-0.39, 0.29) is 11.8 Å². The first-order chi connectivity index (χ1) is 6.27. The maximum absolute atomic E-state index is 10.7. The monoisotopic (exact) mass is 177 g/mol. The van der Waals surface area contributed by atoms with Gasteiger partial charge in [0.05, 0.1) is 17.8 Å². The van der Waals surface area contributed by atoms with Gasteiger partial charge in [0.1, 0.15) is 0 Å². The Morgan fingerprint density at radius 2 is 2.38 bits per heavy atom. The molecule has 1 fully saturated rings. The minimum atomic E-state index is -0.208. The fourth-order valence-electron chi connectivity index (χ4n) is 1.41. The van der Waals surface area contributed by atoms with E-state index in [1.165, 1.54) is 0 Å². The van der Waals surface area contributed by atoms with Crippen LogP contribution in [0.4, 0.5) is 5.69 Å². The molecule has 0 aliphatic carbocycles. The van der Waals surface area contributed by atoms with Gasteiger partial charge in [-0.1, -0.05) is 0 Å². The summed E-state index contributed by atoms with van der Waals surface area (Å²) in [5, 5.41) is 0. The number of hydrogen-bond donors (Lipinski definition) is 1. The van der Waals surface area contributed by atoms with E-state index < -0.39 is 0 Å². The van der Waals surface area contributed by atoms with E-state index in [2.05, 4.69) is 9.88 Å². The highest BCUT2D eigenvalue weighted by molar-refractivity contribution is 5.80. The van der Waals surface area contributed by atoms with Gasteiger partial charge in [0.2, 0.25) is 5.91 Å². The quantitative estimate of drug-likeness (QED) is 0.692. The summed E-state index contributed by atoms with van der Waals surface area (Å²) in [7, 11) is 0. The first-order valence-electron chi connectivity index (χ1n) is 4.21. The number of carbonyl (C=O) groups excluding carboxylic acids is 1. The first kappa shape index (κ1) is 8.04. The molecule has 1 aliphatic rings. The van der Waals surface area contributed by atoms with Gasteiger partial charge >= 0.3 is 0 Å². The molecule has 1 aromatic rings. The van der Waals surface area contributed by atoms with Gasteiger partial charge in [-0.25, -0.2) is 0 Å². The van der Waals surface area contributed by atoms with E-state index in [1.54, 1.807) is 12.4 Å². The molecular formula is C9H11N3O. The van der Waals surface area contributed by atoms with Crippen molar-refractivity contribution in [3.63, 3.8) is 0 Å². The largest absolute Gasteiger partial charge is 0.369 e.